The molecule has 0 bridgehead atoms. The summed E-state index contributed by atoms with van der Waals surface area (Å²) in [6.07, 6.45) is 0. The van der Waals surface area contributed by atoms with E-state index in [-0.39, 0.29) is 0 Å². The number of hydrogen-bond donors (Lipinski definition) is 0. The third kappa shape index (κ3) is 5.60. The third-order valence-electron chi connectivity index (χ3n) is 11.1. The molecule has 0 spiro atoms. The SMILES string of the molecule is c1ccc(-c2ccc(N(c3ccc(-c4ccccc4)cc3)c3c(-c4cccc5oc6ccccc6c45)cccc3-c3cccc4oc5ccccc5c34)cc2)cc1. The molecule has 9 aromatic carbocycles. The van der Waals surface area contributed by atoms with Gasteiger partial charge in [-0.05, 0) is 81.9 Å². The topological polar surface area (TPSA) is 29.5 Å². The van der Waals surface area contributed by atoms with Crippen LogP contribution < -0.4 is 4.90 Å². The van der Waals surface area contributed by atoms with Gasteiger partial charge in [0.15, 0.2) is 0 Å². The molecule has 11 rings (SSSR count). The molecule has 0 amide bonds. The molecule has 0 N–H and O–H groups in total. The van der Waals surface area contributed by atoms with Crippen LogP contribution in [0.15, 0.2) is 221 Å². The van der Waals surface area contributed by atoms with Crippen LogP contribution in [0.3, 0.4) is 0 Å². The van der Waals surface area contributed by atoms with Gasteiger partial charge in [-0.1, -0.05) is 164 Å². The highest BCUT2D eigenvalue weighted by Crippen LogP contribution is 2.51. The first kappa shape index (κ1) is 32.8. The molecular weight excluding hydrogens is 695 g/mol. The standard InChI is InChI=1S/C54H35NO2/c1-3-14-36(15-4-1)38-28-32-40(33-29-38)55(41-34-30-39(31-35-41)37-16-5-2-6-17-37)54-44(42-20-12-26-50-52(42)46-18-7-9-24-48(46)56-50)22-11-23-45(54)43-21-13-27-51-53(43)47-19-8-10-25-49(47)57-51/h1-35H. The maximum atomic E-state index is 6.48. The molecule has 0 aliphatic rings. The zero-order valence-corrected chi connectivity index (χ0v) is 31.0. The van der Waals surface area contributed by atoms with Gasteiger partial charge in [-0.15, -0.1) is 0 Å². The summed E-state index contributed by atoms with van der Waals surface area (Å²) in [6, 6.07) is 75.2. The highest BCUT2D eigenvalue weighted by molar-refractivity contribution is 6.18. The minimum Gasteiger partial charge on any atom is -0.456 e. The number of rotatable bonds is 7. The lowest BCUT2D eigenvalue weighted by atomic mass is 9.90. The average Bonchev–Trinajstić information content (AvgIpc) is 3.87. The Morgan fingerprint density at radius 1 is 0.263 bits per heavy atom. The van der Waals surface area contributed by atoms with Gasteiger partial charge in [-0.3, -0.25) is 0 Å². The Morgan fingerprint density at radius 2 is 0.614 bits per heavy atom. The first-order valence-electron chi connectivity index (χ1n) is 19.3. The van der Waals surface area contributed by atoms with Gasteiger partial charge < -0.3 is 13.7 Å². The fourth-order valence-electron chi connectivity index (χ4n) is 8.49. The van der Waals surface area contributed by atoms with Gasteiger partial charge in [0.05, 0.1) is 5.69 Å². The van der Waals surface area contributed by atoms with Crippen LogP contribution in [0.4, 0.5) is 17.1 Å². The van der Waals surface area contributed by atoms with E-state index in [0.29, 0.717) is 0 Å². The number of fused-ring (bicyclic) bond motifs is 6. The van der Waals surface area contributed by atoms with Crippen molar-refractivity contribution in [3.8, 4) is 44.5 Å². The first-order valence-corrected chi connectivity index (χ1v) is 19.3. The van der Waals surface area contributed by atoms with Crippen LogP contribution in [0.1, 0.15) is 0 Å². The number of furan rings is 2. The summed E-state index contributed by atoms with van der Waals surface area (Å²) < 4.78 is 13.0. The van der Waals surface area contributed by atoms with Crippen LogP contribution >= 0.6 is 0 Å². The fourth-order valence-corrected chi connectivity index (χ4v) is 8.49. The van der Waals surface area contributed by atoms with Crippen molar-refractivity contribution < 1.29 is 8.83 Å². The highest BCUT2D eigenvalue weighted by Gasteiger charge is 2.26. The zero-order valence-electron chi connectivity index (χ0n) is 31.0. The lowest BCUT2D eigenvalue weighted by Crippen LogP contribution is -2.13. The first-order chi connectivity index (χ1) is 28.3. The Bertz CT molecular complexity index is 3000. The molecule has 0 fully saturated rings. The maximum absolute atomic E-state index is 6.48. The molecule has 0 aliphatic heterocycles. The van der Waals surface area contributed by atoms with Crippen LogP contribution in [-0.2, 0) is 0 Å². The second-order valence-electron chi connectivity index (χ2n) is 14.4. The Labute approximate surface area is 330 Å². The number of nitrogens with zero attached hydrogens (tertiary/aromatic N) is 1. The number of hydrogen-bond acceptors (Lipinski definition) is 3. The van der Waals surface area contributed by atoms with E-state index in [1.165, 1.54) is 11.1 Å². The number of benzene rings is 9. The van der Waals surface area contributed by atoms with E-state index in [1.54, 1.807) is 0 Å². The van der Waals surface area contributed by atoms with Crippen molar-refractivity contribution in [1.29, 1.82) is 0 Å². The summed E-state index contributed by atoms with van der Waals surface area (Å²) in [6.45, 7) is 0. The summed E-state index contributed by atoms with van der Waals surface area (Å²) >= 11 is 0. The van der Waals surface area contributed by atoms with Gasteiger partial charge in [0.2, 0.25) is 0 Å². The average molecular weight is 730 g/mol. The number of anilines is 3. The van der Waals surface area contributed by atoms with E-state index in [9.17, 15) is 0 Å². The van der Waals surface area contributed by atoms with Crippen LogP contribution in [0.25, 0.3) is 88.4 Å². The normalized spacial score (nSPS) is 11.5. The van der Waals surface area contributed by atoms with Crippen molar-refractivity contribution in [3.05, 3.63) is 212 Å². The lowest BCUT2D eigenvalue weighted by molar-refractivity contribution is 0.668. The van der Waals surface area contributed by atoms with Gasteiger partial charge in [0, 0.05) is 44.0 Å². The zero-order chi connectivity index (χ0) is 37.7. The molecule has 0 aliphatic carbocycles. The van der Waals surface area contributed by atoms with Crippen LogP contribution in [0, 0.1) is 0 Å². The summed E-state index contributed by atoms with van der Waals surface area (Å²) in [7, 11) is 0. The maximum Gasteiger partial charge on any atom is 0.136 e. The molecule has 0 saturated carbocycles. The van der Waals surface area contributed by atoms with Gasteiger partial charge in [-0.2, -0.15) is 0 Å². The summed E-state index contributed by atoms with van der Waals surface area (Å²) in [5.74, 6) is 0. The van der Waals surface area contributed by atoms with Crippen molar-refractivity contribution in [2.45, 2.75) is 0 Å². The Hall–Kier alpha value is -7.62. The van der Waals surface area contributed by atoms with E-state index in [4.69, 9.17) is 8.83 Å². The molecule has 0 saturated heterocycles. The largest absolute Gasteiger partial charge is 0.456 e. The van der Waals surface area contributed by atoms with E-state index in [2.05, 4.69) is 205 Å². The van der Waals surface area contributed by atoms with Gasteiger partial charge in [0.25, 0.3) is 0 Å². The van der Waals surface area contributed by atoms with Crippen molar-refractivity contribution in [2.75, 3.05) is 4.90 Å². The minimum atomic E-state index is 0.860. The highest BCUT2D eigenvalue weighted by atomic mass is 16.3. The van der Waals surface area contributed by atoms with E-state index < -0.39 is 0 Å². The smallest absolute Gasteiger partial charge is 0.136 e. The van der Waals surface area contributed by atoms with E-state index in [0.717, 1.165) is 94.3 Å². The van der Waals surface area contributed by atoms with Gasteiger partial charge in [-0.25, -0.2) is 0 Å². The van der Waals surface area contributed by atoms with Gasteiger partial charge >= 0.3 is 0 Å². The molecule has 2 heterocycles. The van der Waals surface area contributed by atoms with E-state index in [1.807, 2.05) is 12.1 Å². The summed E-state index contributed by atoms with van der Waals surface area (Å²) in [4.78, 5) is 2.43. The molecule has 3 heteroatoms. The molecule has 0 atom stereocenters. The Morgan fingerprint density at radius 3 is 1.07 bits per heavy atom. The predicted molar refractivity (Wildman–Crippen MR) is 237 cm³/mol. The molecule has 11 aromatic rings. The summed E-state index contributed by atoms with van der Waals surface area (Å²) in [5.41, 5.74) is 15.7. The monoisotopic (exact) mass is 729 g/mol. The molecular formula is C54H35NO2. The molecule has 0 radical (unpaired) electrons. The van der Waals surface area contributed by atoms with Crippen molar-refractivity contribution in [2.24, 2.45) is 0 Å². The van der Waals surface area contributed by atoms with Crippen LogP contribution in [-0.4, -0.2) is 0 Å². The molecule has 3 nitrogen and oxygen atoms in total. The van der Waals surface area contributed by atoms with Gasteiger partial charge in [0.1, 0.15) is 22.3 Å². The van der Waals surface area contributed by atoms with Crippen molar-refractivity contribution >= 4 is 60.9 Å². The third-order valence-corrected chi connectivity index (χ3v) is 11.1. The van der Waals surface area contributed by atoms with Crippen LogP contribution in [0.5, 0.6) is 0 Å². The molecule has 57 heavy (non-hydrogen) atoms. The predicted octanol–water partition coefficient (Wildman–Crippen LogP) is 15.6. The van der Waals surface area contributed by atoms with Crippen LogP contribution in [0.2, 0.25) is 0 Å². The van der Waals surface area contributed by atoms with Crippen molar-refractivity contribution in [1.82, 2.24) is 0 Å². The second-order valence-corrected chi connectivity index (χ2v) is 14.4. The Balaban J connectivity index is 1.23. The molecule has 0 unspecified atom stereocenters. The Kier molecular flexibility index (Phi) is 7.82. The van der Waals surface area contributed by atoms with E-state index >= 15 is 0 Å². The second kappa shape index (κ2) is 13.6. The fraction of sp³-hybridized carbons (Fsp3) is 0. The summed E-state index contributed by atoms with van der Waals surface area (Å²) in [5, 5.41) is 4.37. The minimum absolute atomic E-state index is 0.860. The molecule has 2 aromatic heterocycles. The molecule has 268 valence electrons. The number of para-hydroxylation sites is 3. The lowest BCUT2D eigenvalue weighted by Gasteiger charge is -2.31. The quantitative estimate of drug-likeness (QED) is 0.164. The van der Waals surface area contributed by atoms with Crippen molar-refractivity contribution in [3.63, 3.8) is 0 Å².